The Morgan fingerprint density at radius 3 is 3.06 bits per heavy atom. The minimum Gasteiger partial charge on any atom is -0.383 e. The number of rotatable bonds is 5. The number of nitrogens with zero attached hydrogens (tertiary/aromatic N) is 4. The number of nitrogens with two attached hydrogens (primary N) is 1. The molecule has 0 aliphatic carbocycles. The second-order valence-electron chi connectivity index (χ2n) is 3.06. The lowest BCUT2D eigenvalue weighted by atomic mass is 10.6. The van der Waals surface area contributed by atoms with Crippen molar-refractivity contribution in [2.75, 3.05) is 20.3 Å². The normalized spacial score (nSPS) is 11.6. The van der Waals surface area contributed by atoms with Gasteiger partial charge in [0.1, 0.15) is 12.9 Å². The van der Waals surface area contributed by atoms with Gasteiger partial charge in [-0.05, 0) is 0 Å². The van der Waals surface area contributed by atoms with Crippen molar-refractivity contribution in [3.05, 3.63) is 12.2 Å². The third-order valence-electron chi connectivity index (χ3n) is 1.76. The van der Waals surface area contributed by atoms with E-state index in [0.717, 1.165) is 0 Å². The molecule has 0 radical (unpaired) electrons. The highest BCUT2D eigenvalue weighted by Gasteiger charge is 1.99. The molecule has 0 bridgehead atoms. The van der Waals surface area contributed by atoms with Crippen molar-refractivity contribution in [1.82, 2.24) is 25.5 Å². The Hall–Kier alpha value is -1.67. The molecule has 16 heavy (non-hydrogen) atoms. The fourth-order valence-electron chi connectivity index (χ4n) is 1.03. The lowest BCUT2D eigenvalue weighted by molar-refractivity contribution is 0.203. The van der Waals surface area contributed by atoms with E-state index in [2.05, 4.69) is 25.8 Å². The van der Waals surface area contributed by atoms with E-state index in [-0.39, 0.29) is 0 Å². The van der Waals surface area contributed by atoms with Crippen molar-refractivity contribution in [3.63, 3.8) is 0 Å². The molecule has 0 aliphatic heterocycles. The Kier molecular flexibility index (Phi) is 5.23. The largest absolute Gasteiger partial charge is 0.383 e. The molecule has 1 rings (SSSR count). The minimum absolute atomic E-state index is 0.375. The maximum absolute atomic E-state index is 5.29. The predicted molar refractivity (Wildman–Crippen MR) is 59.3 cm³/mol. The van der Waals surface area contributed by atoms with E-state index in [0.29, 0.717) is 31.5 Å². The molecule has 0 atom stereocenters. The van der Waals surface area contributed by atoms with Crippen molar-refractivity contribution in [2.45, 2.75) is 6.54 Å². The summed E-state index contributed by atoms with van der Waals surface area (Å²) >= 11 is 0. The Labute approximate surface area is 93.9 Å². The highest BCUT2D eigenvalue weighted by Crippen LogP contribution is 1.90. The van der Waals surface area contributed by atoms with Crippen LogP contribution in [0.1, 0.15) is 5.82 Å². The number of hydrazine groups is 1. The summed E-state index contributed by atoms with van der Waals surface area (Å²) in [6.45, 7) is 1.60. The average molecular weight is 227 g/mol. The van der Waals surface area contributed by atoms with Gasteiger partial charge in [-0.1, -0.05) is 0 Å². The molecule has 0 aliphatic rings. The number of aliphatic imine (C=N–C) groups is 1. The number of aromatic nitrogens is 3. The number of ether oxygens (including phenoxy) is 1. The smallest absolute Gasteiger partial charge is 0.206 e. The monoisotopic (exact) mass is 227 g/mol. The lowest BCUT2D eigenvalue weighted by Gasteiger charge is -2.07. The first kappa shape index (κ1) is 12.4. The van der Waals surface area contributed by atoms with Crippen LogP contribution in [0.15, 0.2) is 11.3 Å². The van der Waals surface area contributed by atoms with Crippen molar-refractivity contribution >= 4 is 5.96 Å². The van der Waals surface area contributed by atoms with Crippen LogP contribution in [0.3, 0.4) is 0 Å². The Morgan fingerprint density at radius 1 is 1.69 bits per heavy atom. The molecular formula is C8H17N7O. The second kappa shape index (κ2) is 6.75. The van der Waals surface area contributed by atoms with Gasteiger partial charge in [0.15, 0.2) is 5.82 Å². The third kappa shape index (κ3) is 4.24. The minimum atomic E-state index is 0.375. The first-order valence-electron chi connectivity index (χ1n) is 4.84. The first-order valence-corrected chi connectivity index (χ1v) is 4.84. The molecule has 0 saturated carbocycles. The van der Waals surface area contributed by atoms with Crippen LogP contribution in [-0.2, 0) is 18.3 Å². The zero-order valence-electron chi connectivity index (χ0n) is 9.47. The van der Waals surface area contributed by atoms with Crippen LogP contribution in [-0.4, -0.2) is 41.0 Å². The van der Waals surface area contributed by atoms with Gasteiger partial charge in [-0.3, -0.25) is 10.1 Å². The summed E-state index contributed by atoms with van der Waals surface area (Å²) in [4.78, 5) is 8.22. The summed E-state index contributed by atoms with van der Waals surface area (Å²) in [7, 11) is 3.44. The van der Waals surface area contributed by atoms with E-state index in [1.54, 1.807) is 25.2 Å². The Morgan fingerprint density at radius 2 is 2.50 bits per heavy atom. The SMILES string of the molecule is COCCNC(=NCc1ncn(C)n1)NN. The summed E-state index contributed by atoms with van der Waals surface area (Å²) < 4.78 is 6.51. The number of aryl methyl sites for hydroxylation is 1. The van der Waals surface area contributed by atoms with E-state index >= 15 is 0 Å². The van der Waals surface area contributed by atoms with Gasteiger partial charge in [-0.25, -0.2) is 15.8 Å². The summed E-state index contributed by atoms with van der Waals surface area (Å²) in [5.74, 6) is 6.43. The standard InChI is InChI=1S/C8H17N7O/c1-15-6-12-7(14-15)5-11-8(13-9)10-3-4-16-2/h6H,3-5,9H2,1-2H3,(H2,10,11,13). The van der Waals surface area contributed by atoms with Gasteiger partial charge in [-0.2, -0.15) is 5.10 Å². The summed E-state index contributed by atoms with van der Waals surface area (Å²) in [5, 5.41) is 7.06. The van der Waals surface area contributed by atoms with Crippen molar-refractivity contribution in [1.29, 1.82) is 0 Å². The summed E-state index contributed by atoms with van der Waals surface area (Å²) in [5.41, 5.74) is 2.46. The maximum Gasteiger partial charge on any atom is 0.206 e. The maximum atomic E-state index is 5.29. The van der Waals surface area contributed by atoms with Gasteiger partial charge < -0.3 is 10.1 Å². The van der Waals surface area contributed by atoms with Gasteiger partial charge in [0.2, 0.25) is 5.96 Å². The van der Waals surface area contributed by atoms with Gasteiger partial charge in [0.05, 0.1) is 6.61 Å². The zero-order valence-corrected chi connectivity index (χ0v) is 9.47. The van der Waals surface area contributed by atoms with E-state index in [9.17, 15) is 0 Å². The molecule has 8 nitrogen and oxygen atoms in total. The Bertz CT molecular complexity index is 335. The predicted octanol–water partition coefficient (Wildman–Crippen LogP) is -1.63. The van der Waals surface area contributed by atoms with Gasteiger partial charge >= 0.3 is 0 Å². The zero-order chi connectivity index (χ0) is 11.8. The number of nitrogens with one attached hydrogen (secondary N) is 2. The molecule has 1 aromatic heterocycles. The Balaban J connectivity index is 2.40. The summed E-state index contributed by atoms with van der Waals surface area (Å²) in [6, 6.07) is 0. The highest BCUT2D eigenvalue weighted by molar-refractivity contribution is 5.79. The lowest BCUT2D eigenvalue weighted by Crippen LogP contribution is -2.42. The molecule has 0 spiro atoms. The molecule has 90 valence electrons. The van der Waals surface area contributed by atoms with E-state index in [1.165, 1.54) is 0 Å². The van der Waals surface area contributed by atoms with Crippen LogP contribution in [0.25, 0.3) is 0 Å². The number of hydrogen-bond donors (Lipinski definition) is 3. The van der Waals surface area contributed by atoms with E-state index in [4.69, 9.17) is 10.6 Å². The quantitative estimate of drug-likeness (QED) is 0.183. The number of methoxy groups -OCH3 is 1. The number of guanidine groups is 1. The van der Waals surface area contributed by atoms with Crippen LogP contribution in [0.5, 0.6) is 0 Å². The molecule has 0 amide bonds. The molecular weight excluding hydrogens is 210 g/mol. The van der Waals surface area contributed by atoms with Crippen LogP contribution in [0.4, 0.5) is 0 Å². The van der Waals surface area contributed by atoms with Crippen molar-refractivity contribution in [2.24, 2.45) is 17.9 Å². The highest BCUT2D eigenvalue weighted by atomic mass is 16.5. The van der Waals surface area contributed by atoms with Gasteiger partial charge in [-0.15, -0.1) is 0 Å². The molecule has 0 fully saturated rings. The van der Waals surface area contributed by atoms with E-state index in [1.807, 2.05) is 0 Å². The molecule has 4 N–H and O–H groups in total. The first-order chi connectivity index (χ1) is 7.76. The molecule has 8 heteroatoms. The third-order valence-corrected chi connectivity index (χ3v) is 1.76. The number of hydrogen-bond acceptors (Lipinski definition) is 5. The molecule has 0 aromatic carbocycles. The molecule has 1 heterocycles. The van der Waals surface area contributed by atoms with Crippen LogP contribution in [0.2, 0.25) is 0 Å². The van der Waals surface area contributed by atoms with Gasteiger partial charge in [0, 0.05) is 20.7 Å². The van der Waals surface area contributed by atoms with Crippen molar-refractivity contribution < 1.29 is 4.74 Å². The molecule has 0 unspecified atom stereocenters. The molecule has 1 aromatic rings. The van der Waals surface area contributed by atoms with Gasteiger partial charge in [0.25, 0.3) is 0 Å². The fraction of sp³-hybridized carbons (Fsp3) is 0.625. The van der Waals surface area contributed by atoms with Crippen molar-refractivity contribution in [3.8, 4) is 0 Å². The fourth-order valence-corrected chi connectivity index (χ4v) is 1.03. The topological polar surface area (TPSA) is 102 Å². The second-order valence-corrected chi connectivity index (χ2v) is 3.06. The van der Waals surface area contributed by atoms with Crippen LogP contribution < -0.4 is 16.6 Å². The van der Waals surface area contributed by atoms with Crippen LogP contribution >= 0.6 is 0 Å². The molecule has 0 saturated heterocycles. The summed E-state index contributed by atoms with van der Waals surface area (Å²) in [6.07, 6.45) is 1.62. The average Bonchev–Trinajstić information content (AvgIpc) is 2.69. The van der Waals surface area contributed by atoms with E-state index < -0.39 is 0 Å². The van der Waals surface area contributed by atoms with Crippen LogP contribution in [0, 0.1) is 0 Å².